The average molecular weight is 517 g/mol. The Morgan fingerprint density at radius 3 is 2.34 bits per heavy atom. The summed E-state index contributed by atoms with van der Waals surface area (Å²) in [4.78, 5) is 32.6. The van der Waals surface area contributed by atoms with E-state index in [1.807, 2.05) is 76.2 Å². The molecule has 4 rings (SSSR count). The molecular formula is C30H36N4O4. The number of nitrogens with one attached hydrogen (secondary N) is 1. The maximum absolute atomic E-state index is 13.7. The van der Waals surface area contributed by atoms with E-state index in [-0.39, 0.29) is 17.4 Å². The predicted molar refractivity (Wildman–Crippen MR) is 148 cm³/mol. The molecule has 2 aromatic carbocycles. The summed E-state index contributed by atoms with van der Waals surface area (Å²) < 4.78 is 6.45. The number of nitrogens with zero attached hydrogens (tertiary/aromatic N) is 3. The van der Waals surface area contributed by atoms with Crippen molar-refractivity contribution in [3.63, 3.8) is 0 Å². The molecule has 200 valence electrons. The summed E-state index contributed by atoms with van der Waals surface area (Å²) in [5, 5.41) is 14.6. The number of hydrogen-bond donors (Lipinski definition) is 2. The number of benzene rings is 2. The van der Waals surface area contributed by atoms with E-state index >= 15 is 0 Å². The zero-order valence-corrected chi connectivity index (χ0v) is 22.7. The molecule has 38 heavy (non-hydrogen) atoms. The van der Waals surface area contributed by atoms with Crippen molar-refractivity contribution in [2.75, 3.05) is 0 Å². The van der Waals surface area contributed by atoms with Gasteiger partial charge in [-0.1, -0.05) is 87.8 Å². The molecule has 1 unspecified atom stereocenters. The lowest BCUT2D eigenvalue weighted by atomic mass is 9.85. The number of aromatic nitrogens is 4. The van der Waals surface area contributed by atoms with Crippen LogP contribution in [0.2, 0.25) is 0 Å². The molecule has 0 radical (unpaired) electrons. The molecule has 1 atom stereocenters. The fourth-order valence-corrected chi connectivity index (χ4v) is 4.44. The minimum atomic E-state index is -0.648. The van der Waals surface area contributed by atoms with Crippen LogP contribution in [0.15, 0.2) is 62.6 Å². The topological polar surface area (TPSA) is 114 Å². The quantitative estimate of drug-likeness (QED) is 0.327. The standard InChI is InChI=1S/C30H36N4O4/c1-6-7-12-26-31-19(2)24(17-25(35)30(3,4)5)28(36)34(26)18-20-13-15-21(16-14-20)22-10-8-9-11-23(22)27-32-29(37)38-33-27/h8-11,13-16,25,35H,6-7,12,17-18H2,1-5H3,(H,32,33,37). The van der Waals surface area contributed by atoms with Crippen LogP contribution in [0.5, 0.6) is 0 Å². The average Bonchev–Trinajstić information content (AvgIpc) is 3.33. The Bertz CT molecular complexity index is 1510. The minimum Gasteiger partial charge on any atom is -0.392 e. The van der Waals surface area contributed by atoms with Gasteiger partial charge in [-0.15, -0.1) is 0 Å². The van der Waals surface area contributed by atoms with Crippen LogP contribution in [0.25, 0.3) is 22.5 Å². The molecular weight excluding hydrogens is 480 g/mol. The third-order valence-corrected chi connectivity index (χ3v) is 6.93. The number of unbranched alkanes of at least 4 members (excludes halogenated alkanes) is 1. The zero-order valence-electron chi connectivity index (χ0n) is 22.7. The van der Waals surface area contributed by atoms with E-state index in [9.17, 15) is 14.7 Å². The van der Waals surface area contributed by atoms with Crippen LogP contribution in [0.4, 0.5) is 0 Å². The number of aliphatic hydroxyl groups is 1. The van der Waals surface area contributed by atoms with Crippen molar-refractivity contribution in [2.24, 2.45) is 5.41 Å². The number of H-pyrrole nitrogens is 1. The van der Waals surface area contributed by atoms with Crippen molar-refractivity contribution in [1.82, 2.24) is 19.7 Å². The van der Waals surface area contributed by atoms with Crippen molar-refractivity contribution < 1.29 is 9.63 Å². The smallest absolute Gasteiger partial charge is 0.392 e. The van der Waals surface area contributed by atoms with Gasteiger partial charge in [-0.25, -0.2) is 9.78 Å². The second kappa shape index (κ2) is 11.3. The largest absolute Gasteiger partial charge is 0.439 e. The predicted octanol–water partition coefficient (Wildman–Crippen LogP) is 4.90. The van der Waals surface area contributed by atoms with Crippen LogP contribution in [0.3, 0.4) is 0 Å². The van der Waals surface area contributed by atoms with Crippen molar-refractivity contribution in [1.29, 1.82) is 0 Å². The molecule has 0 aliphatic heterocycles. The van der Waals surface area contributed by atoms with Crippen LogP contribution >= 0.6 is 0 Å². The van der Waals surface area contributed by atoms with Gasteiger partial charge in [0.15, 0.2) is 5.82 Å². The minimum absolute atomic E-state index is 0.0867. The van der Waals surface area contributed by atoms with Gasteiger partial charge in [-0.3, -0.25) is 18.9 Å². The van der Waals surface area contributed by atoms with E-state index in [1.54, 1.807) is 4.57 Å². The third kappa shape index (κ3) is 6.02. The fourth-order valence-electron chi connectivity index (χ4n) is 4.44. The van der Waals surface area contributed by atoms with Crippen molar-refractivity contribution in [3.05, 3.63) is 92.1 Å². The molecule has 0 spiro atoms. The molecule has 0 fully saturated rings. The first-order chi connectivity index (χ1) is 18.1. The Morgan fingerprint density at radius 2 is 1.74 bits per heavy atom. The van der Waals surface area contributed by atoms with Crippen LogP contribution in [0, 0.1) is 12.3 Å². The first kappa shape index (κ1) is 27.3. The second-order valence-corrected chi connectivity index (χ2v) is 10.9. The highest BCUT2D eigenvalue weighted by atomic mass is 16.5. The van der Waals surface area contributed by atoms with Crippen LogP contribution in [0.1, 0.15) is 63.2 Å². The summed E-state index contributed by atoms with van der Waals surface area (Å²) in [5.74, 6) is 0.542. The Morgan fingerprint density at radius 1 is 1.05 bits per heavy atom. The van der Waals surface area contributed by atoms with Gasteiger partial charge in [0, 0.05) is 29.7 Å². The van der Waals surface area contributed by atoms with E-state index in [1.165, 1.54) is 0 Å². The van der Waals surface area contributed by atoms with Gasteiger partial charge in [0.25, 0.3) is 5.56 Å². The Kier molecular flexibility index (Phi) is 8.11. The molecule has 0 aliphatic carbocycles. The molecule has 2 aromatic heterocycles. The molecule has 2 heterocycles. The molecule has 8 heteroatoms. The van der Waals surface area contributed by atoms with Gasteiger partial charge in [0.2, 0.25) is 0 Å². The van der Waals surface area contributed by atoms with E-state index in [0.717, 1.165) is 47.3 Å². The summed E-state index contributed by atoms with van der Waals surface area (Å²) in [7, 11) is 0. The van der Waals surface area contributed by atoms with Crippen LogP contribution < -0.4 is 11.3 Å². The molecule has 8 nitrogen and oxygen atoms in total. The van der Waals surface area contributed by atoms with E-state index in [0.29, 0.717) is 23.6 Å². The van der Waals surface area contributed by atoms with Crippen LogP contribution in [-0.4, -0.2) is 30.9 Å². The Labute approximate surface area is 222 Å². The van der Waals surface area contributed by atoms with E-state index in [2.05, 4.69) is 17.1 Å². The summed E-state index contributed by atoms with van der Waals surface area (Å²) >= 11 is 0. The number of aryl methyl sites for hydroxylation is 2. The lowest BCUT2D eigenvalue weighted by Crippen LogP contribution is -2.35. The lowest BCUT2D eigenvalue weighted by molar-refractivity contribution is 0.0630. The summed E-state index contributed by atoms with van der Waals surface area (Å²) in [6.07, 6.45) is 2.29. The van der Waals surface area contributed by atoms with Crippen molar-refractivity contribution in [3.8, 4) is 22.5 Å². The highest BCUT2D eigenvalue weighted by Gasteiger charge is 2.25. The zero-order chi connectivity index (χ0) is 27.4. The van der Waals surface area contributed by atoms with Gasteiger partial charge in [0.1, 0.15) is 5.82 Å². The van der Waals surface area contributed by atoms with Gasteiger partial charge >= 0.3 is 5.76 Å². The Hall–Kier alpha value is -3.78. The lowest BCUT2D eigenvalue weighted by Gasteiger charge is -2.26. The highest BCUT2D eigenvalue weighted by molar-refractivity contribution is 5.80. The number of aromatic amines is 1. The maximum atomic E-state index is 13.7. The van der Waals surface area contributed by atoms with Gasteiger partial charge in [0.05, 0.1) is 12.6 Å². The molecule has 0 saturated carbocycles. The van der Waals surface area contributed by atoms with E-state index < -0.39 is 11.9 Å². The summed E-state index contributed by atoms with van der Waals surface area (Å²) in [6, 6.07) is 15.6. The molecule has 0 aliphatic rings. The monoisotopic (exact) mass is 516 g/mol. The van der Waals surface area contributed by atoms with Gasteiger partial charge in [-0.2, -0.15) is 0 Å². The molecule has 2 N–H and O–H groups in total. The van der Waals surface area contributed by atoms with Crippen molar-refractivity contribution in [2.45, 2.75) is 73.0 Å². The van der Waals surface area contributed by atoms with E-state index in [4.69, 9.17) is 9.51 Å². The first-order valence-corrected chi connectivity index (χ1v) is 13.1. The number of hydrogen-bond acceptors (Lipinski definition) is 6. The number of rotatable bonds is 9. The van der Waals surface area contributed by atoms with Gasteiger partial charge in [-0.05, 0) is 35.4 Å². The summed E-state index contributed by atoms with van der Waals surface area (Å²) in [6.45, 7) is 10.3. The maximum Gasteiger partial charge on any atom is 0.439 e. The second-order valence-electron chi connectivity index (χ2n) is 10.9. The molecule has 0 saturated heterocycles. The molecule has 0 amide bonds. The van der Waals surface area contributed by atoms with Gasteiger partial charge < -0.3 is 5.11 Å². The fraction of sp³-hybridized carbons (Fsp3) is 0.400. The molecule has 4 aromatic rings. The van der Waals surface area contributed by atoms with Crippen LogP contribution in [-0.2, 0) is 19.4 Å². The Balaban J connectivity index is 1.68. The first-order valence-electron chi connectivity index (χ1n) is 13.1. The third-order valence-electron chi connectivity index (χ3n) is 6.93. The normalized spacial score (nSPS) is 12.6. The summed E-state index contributed by atoms with van der Waals surface area (Å²) in [5.41, 5.74) is 4.41. The van der Waals surface area contributed by atoms with Crippen molar-refractivity contribution >= 4 is 0 Å². The molecule has 0 bridgehead atoms. The SMILES string of the molecule is CCCCc1nc(C)c(CC(O)C(C)(C)C)c(=O)n1Cc1ccc(-c2ccccc2-c2noc(=O)[nH]2)cc1. The highest BCUT2D eigenvalue weighted by Crippen LogP contribution is 2.30. The number of aliphatic hydroxyl groups excluding tert-OH is 1.